The molecule has 4 heteroatoms. The number of hydrogen-bond donors (Lipinski definition) is 1. The molecule has 0 amide bonds. The molecule has 1 fully saturated rings. The first-order chi connectivity index (χ1) is 12.3. The smallest absolute Gasteiger partial charge is 0.229 e. The van der Waals surface area contributed by atoms with Crippen molar-refractivity contribution in [2.24, 2.45) is 5.92 Å². The number of nitrogens with zero attached hydrogens (tertiary/aromatic N) is 1. The lowest BCUT2D eigenvalue weighted by atomic mass is 10.1. The van der Waals surface area contributed by atoms with Gasteiger partial charge in [-0.3, -0.25) is 0 Å². The molecule has 2 aromatic heterocycles. The average Bonchev–Trinajstić information content (AvgIpc) is 3.41. The van der Waals surface area contributed by atoms with Crippen LogP contribution in [0.4, 0.5) is 5.69 Å². The Balaban J connectivity index is 1.65. The van der Waals surface area contributed by atoms with Gasteiger partial charge in [-0.25, -0.2) is 4.98 Å². The van der Waals surface area contributed by atoms with E-state index in [9.17, 15) is 0 Å². The molecule has 0 radical (unpaired) electrons. The van der Waals surface area contributed by atoms with E-state index in [2.05, 4.69) is 24.1 Å². The van der Waals surface area contributed by atoms with Gasteiger partial charge in [0, 0.05) is 29.6 Å². The first-order valence-corrected chi connectivity index (χ1v) is 9.11. The number of fused-ring (bicyclic) bond motifs is 1. The van der Waals surface area contributed by atoms with Crippen LogP contribution in [0.3, 0.4) is 0 Å². The molecule has 1 aliphatic rings. The Hall–Kier alpha value is -2.49. The zero-order chi connectivity index (χ0) is 17.2. The number of aryl methyl sites for hydroxylation is 1. The first-order valence-electron chi connectivity index (χ1n) is 9.11. The Morgan fingerprint density at radius 3 is 2.72 bits per heavy atom. The molecule has 4 rings (SSSR count). The summed E-state index contributed by atoms with van der Waals surface area (Å²) in [6.45, 7) is 5.98. The molecular formula is C21H24N2O2. The summed E-state index contributed by atoms with van der Waals surface area (Å²) in [4.78, 5) is 4.42. The molecule has 1 saturated carbocycles. The minimum absolute atomic E-state index is 0.694. The third-order valence-electron chi connectivity index (χ3n) is 4.70. The average molecular weight is 336 g/mol. The predicted molar refractivity (Wildman–Crippen MR) is 101 cm³/mol. The molecule has 1 N–H and O–H groups in total. The largest absolute Gasteiger partial charge is 0.494 e. The van der Waals surface area contributed by atoms with E-state index in [0.717, 1.165) is 59.2 Å². The molecule has 25 heavy (non-hydrogen) atoms. The normalized spacial score (nSPS) is 14.0. The molecule has 4 nitrogen and oxygen atoms in total. The van der Waals surface area contributed by atoms with Crippen LogP contribution >= 0.6 is 0 Å². The summed E-state index contributed by atoms with van der Waals surface area (Å²) in [7, 11) is 0. The van der Waals surface area contributed by atoms with Gasteiger partial charge in [-0.1, -0.05) is 6.92 Å². The Morgan fingerprint density at radius 1 is 1.20 bits per heavy atom. The molecule has 130 valence electrons. The van der Waals surface area contributed by atoms with Crippen LogP contribution in [0.1, 0.15) is 31.7 Å². The monoisotopic (exact) mass is 336 g/mol. The molecule has 0 spiro atoms. The summed E-state index contributed by atoms with van der Waals surface area (Å²) in [5.41, 5.74) is 3.99. The van der Waals surface area contributed by atoms with E-state index >= 15 is 0 Å². The zero-order valence-electron chi connectivity index (χ0n) is 14.8. The second-order valence-corrected chi connectivity index (χ2v) is 6.79. The SMILES string of the molecule is CCCOc1ccc(-c2oc3nccc(NCC4CC4)c3c2C)cc1. The molecule has 3 aromatic rings. The molecular weight excluding hydrogens is 312 g/mol. The molecule has 0 aliphatic heterocycles. The lowest BCUT2D eigenvalue weighted by molar-refractivity contribution is 0.317. The van der Waals surface area contributed by atoms with Gasteiger partial charge in [-0.15, -0.1) is 0 Å². The van der Waals surface area contributed by atoms with Gasteiger partial charge >= 0.3 is 0 Å². The minimum atomic E-state index is 0.694. The fourth-order valence-electron chi connectivity index (χ4n) is 3.09. The van der Waals surface area contributed by atoms with Gasteiger partial charge in [-0.05, 0) is 62.4 Å². The number of pyridine rings is 1. The van der Waals surface area contributed by atoms with Crippen molar-refractivity contribution >= 4 is 16.8 Å². The summed E-state index contributed by atoms with van der Waals surface area (Å²) in [5.74, 6) is 2.60. The van der Waals surface area contributed by atoms with Crippen molar-refractivity contribution in [3.05, 3.63) is 42.1 Å². The minimum Gasteiger partial charge on any atom is -0.494 e. The van der Waals surface area contributed by atoms with Crippen LogP contribution < -0.4 is 10.1 Å². The van der Waals surface area contributed by atoms with Crippen molar-refractivity contribution < 1.29 is 9.15 Å². The summed E-state index contributed by atoms with van der Waals surface area (Å²) < 4.78 is 11.7. The first kappa shape index (κ1) is 16.0. The Kier molecular flexibility index (Phi) is 4.35. The number of aromatic nitrogens is 1. The molecule has 0 bridgehead atoms. The van der Waals surface area contributed by atoms with E-state index in [4.69, 9.17) is 9.15 Å². The van der Waals surface area contributed by atoms with Crippen LogP contribution in [0, 0.1) is 12.8 Å². The van der Waals surface area contributed by atoms with Crippen LogP contribution in [0.15, 0.2) is 40.9 Å². The van der Waals surface area contributed by atoms with Gasteiger partial charge in [0.2, 0.25) is 5.71 Å². The molecule has 2 heterocycles. The highest BCUT2D eigenvalue weighted by Gasteiger charge is 2.22. The van der Waals surface area contributed by atoms with Crippen LogP contribution in [0.5, 0.6) is 5.75 Å². The topological polar surface area (TPSA) is 47.3 Å². The number of ether oxygens (including phenoxy) is 1. The number of rotatable bonds is 7. The number of anilines is 1. The second-order valence-electron chi connectivity index (χ2n) is 6.79. The van der Waals surface area contributed by atoms with Crippen molar-refractivity contribution in [1.82, 2.24) is 4.98 Å². The number of hydrogen-bond acceptors (Lipinski definition) is 4. The van der Waals surface area contributed by atoms with Crippen molar-refractivity contribution in [1.29, 1.82) is 0 Å². The van der Waals surface area contributed by atoms with Gasteiger partial charge in [0.15, 0.2) is 0 Å². The fourth-order valence-corrected chi connectivity index (χ4v) is 3.09. The quantitative estimate of drug-likeness (QED) is 0.626. The van der Waals surface area contributed by atoms with E-state index in [1.54, 1.807) is 0 Å². The second kappa shape index (κ2) is 6.79. The number of benzene rings is 1. The molecule has 0 atom stereocenters. The van der Waals surface area contributed by atoms with E-state index in [-0.39, 0.29) is 0 Å². The van der Waals surface area contributed by atoms with E-state index in [0.29, 0.717) is 5.71 Å². The number of furan rings is 1. The molecule has 1 aliphatic carbocycles. The molecule has 0 unspecified atom stereocenters. The Bertz CT molecular complexity index is 863. The third kappa shape index (κ3) is 3.34. The maximum absolute atomic E-state index is 6.08. The van der Waals surface area contributed by atoms with Crippen LogP contribution in [-0.2, 0) is 0 Å². The summed E-state index contributed by atoms with van der Waals surface area (Å²) >= 11 is 0. The summed E-state index contributed by atoms with van der Waals surface area (Å²) in [6.07, 6.45) is 5.49. The fraction of sp³-hybridized carbons (Fsp3) is 0.381. The lowest BCUT2D eigenvalue weighted by Crippen LogP contribution is -2.03. The standard InChI is InChI=1S/C21H24N2O2/c1-3-12-24-17-8-6-16(7-9-17)20-14(2)19-18(23-13-15-4-5-15)10-11-22-21(19)25-20/h6-11,15H,3-5,12-13H2,1-2H3,(H,22,23). The molecule has 0 saturated heterocycles. The van der Waals surface area contributed by atoms with Gasteiger partial charge < -0.3 is 14.5 Å². The zero-order valence-corrected chi connectivity index (χ0v) is 14.8. The maximum Gasteiger partial charge on any atom is 0.229 e. The van der Waals surface area contributed by atoms with Crippen molar-refractivity contribution in [2.75, 3.05) is 18.5 Å². The summed E-state index contributed by atoms with van der Waals surface area (Å²) in [6, 6.07) is 10.1. The lowest BCUT2D eigenvalue weighted by Gasteiger charge is -2.07. The van der Waals surface area contributed by atoms with Crippen molar-refractivity contribution in [3.63, 3.8) is 0 Å². The van der Waals surface area contributed by atoms with Crippen molar-refractivity contribution in [3.8, 4) is 17.1 Å². The van der Waals surface area contributed by atoms with Gasteiger partial charge in [-0.2, -0.15) is 0 Å². The van der Waals surface area contributed by atoms with E-state index in [1.807, 2.05) is 36.5 Å². The third-order valence-corrected chi connectivity index (χ3v) is 4.70. The van der Waals surface area contributed by atoms with Crippen LogP contribution in [0.25, 0.3) is 22.4 Å². The number of nitrogens with one attached hydrogen (secondary N) is 1. The summed E-state index contributed by atoms with van der Waals surface area (Å²) in [5, 5.41) is 4.65. The van der Waals surface area contributed by atoms with E-state index < -0.39 is 0 Å². The van der Waals surface area contributed by atoms with Gasteiger partial charge in [0.1, 0.15) is 11.5 Å². The highest BCUT2D eigenvalue weighted by atomic mass is 16.5. The molecule has 1 aromatic carbocycles. The van der Waals surface area contributed by atoms with Crippen LogP contribution in [-0.4, -0.2) is 18.1 Å². The highest BCUT2D eigenvalue weighted by molar-refractivity contribution is 5.95. The Morgan fingerprint density at radius 2 is 2.00 bits per heavy atom. The highest BCUT2D eigenvalue weighted by Crippen LogP contribution is 2.37. The van der Waals surface area contributed by atoms with Crippen LogP contribution in [0.2, 0.25) is 0 Å². The van der Waals surface area contributed by atoms with Gasteiger partial charge in [0.05, 0.1) is 12.0 Å². The van der Waals surface area contributed by atoms with E-state index in [1.165, 1.54) is 12.8 Å². The predicted octanol–water partition coefficient (Wildman–Crippen LogP) is 5.41. The van der Waals surface area contributed by atoms with Gasteiger partial charge in [0.25, 0.3) is 0 Å². The Labute approximate surface area is 148 Å². The van der Waals surface area contributed by atoms with Crippen molar-refractivity contribution in [2.45, 2.75) is 33.1 Å². The maximum atomic E-state index is 6.08.